The van der Waals surface area contributed by atoms with Crippen LogP contribution in [-0.2, 0) is 11.8 Å². The smallest absolute Gasteiger partial charge is 0.134 e. The summed E-state index contributed by atoms with van der Waals surface area (Å²) in [7, 11) is 0. The molecule has 2 heterocycles. The summed E-state index contributed by atoms with van der Waals surface area (Å²) in [6, 6.07) is 21.8. The molecule has 0 fully saturated rings. The van der Waals surface area contributed by atoms with Crippen LogP contribution in [0.25, 0.3) is 45.0 Å². The minimum Gasteiger partial charge on any atom is -0.460 e. The Morgan fingerprint density at radius 3 is 2.67 bits per heavy atom. The molecule has 5 aromatic rings. The lowest BCUT2D eigenvalue weighted by atomic mass is 9.56. The normalized spacial score (nSPS) is 27.2. The lowest BCUT2D eigenvalue weighted by Gasteiger charge is -2.47. The van der Waals surface area contributed by atoms with Crippen molar-refractivity contribution in [3.8, 4) is 17.2 Å². The van der Waals surface area contributed by atoms with E-state index in [1.54, 1.807) is 0 Å². The number of rotatable bonds is 3. The fourth-order valence-electron chi connectivity index (χ4n) is 10.4. The summed E-state index contributed by atoms with van der Waals surface area (Å²) < 4.78 is 6.33. The minimum absolute atomic E-state index is 0.0536. The van der Waals surface area contributed by atoms with Gasteiger partial charge in [0.15, 0.2) is 0 Å². The zero-order chi connectivity index (χ0) is 34.6. The zero-order valence-corrected chi connectivity index (χ0v) is 29.6. The van der Waals surface area contributed by atoms with Gasteiger partial charge in [-0.2, -0.15) is 5.26 Å². The number of benzene rings is 3. The van der Waals surface area contributed by atoms with E-state index in [0.29, 0.717) is 17.4 Å². The second-order valence-electron chi connectivity index (χ2n) is 16.1. The molecule has 3 aromatic carbocycles. The van der Waals surface area contributed by atoms with Crippen molar-refractivity contribution in [1.82, 2.24) is 4.98 Å². The number of allylic oxidation sites excluding steroid dienone is 10. The monoisotopic (exact) mass is 660 g/mol. The number of fused-ring (bicyclic) bond motifs is 4. The number of pyridine rings is 1. The lowest BCUT2D eigenvalue weighted by molar-refractivity contribution is 0.371. The number of nitrogens with zero attached hydrogens (tertiary/aromatic N) is 2. The average molecular weight is 661 g/mol. The Morgan fingerprint density at radius 2 is 1.82 bits per heavy atom. The molecule has 5 atom stereocenters. The highest BCUT2D eigenvalue weighted by Gasteiger charge is 2.46. The molecule has 5 aliphatic carbocycles. The van der Waals surface area contributed by atoms with E-state index in [1.807, 2.05) is 36.7 Å². The van der Waals surface area contributed by atoms with Gasteiger partial charge in [-0.1, -0.05) is 94.5 Å². The second kappa shape index (κ2) is 10.8. The maximum atomic E-state index is 9.61. The van der Waals surface area contributed by atoms with Gasteiger partial charge in [-0.15, -0.1) is 0 Å². The number of nitriles is 1. The van der Waals surface area contributed by atoms with Crippen LogP contribution in [0.4, 0.5) is 0 Å². The molecule has 0 bridgehead atoms. The minimum atomic E-state index is -0.186. The maximum absolute atomic E-state index is 9.61. The van der Waals surface area contributed by atoms with Crippen LogP contribution in [0.3, 0.4) is 0 Å². The van der Waals surface area contributed by atoms with Gasteiger partial charge < -0.3 is 4.42 Å². The van der Waals surface area contributed by atoms with Gasteiger partial charge in [-0.05, 0) is 122 Å². The van der Waals surface area contributed by atoms with Crippen LogP contribution >= 0.6 is 0 Å². The van der Waals surface area contributed by atoms with Gasteiger partial charge in [0, 0.05) is 46.7 Å². The van der Waals surface area contributed by atoms with Gasteiger partial charge in [0.25, 0.3) is 0 Å². The van der Waals surface area contributed by atoms with Crippen LogP contribution in [0.5, 0.6) is 0 Å². The predicted octanol–water partition coefficient (Wildman–Crippen LogP) is 12.0. The first-order valence-corrected chi connectivity index (χ1v) is 18.4. The van der Waals surface area contributed by atoms with E-state index in [0.717, 1.165) is 41.6 Å². The van der Waals surface area contributed by atoms with Crippen LogP contribution in [0.1, 0.15) is 80.0 Å². The molecular formula is C48H40N2O. The molecule has 0 spiro atoms. The van der Waals surface area contributed by atoms with Gasteiger partial charge in [0.2, 0.25) is 0 Å². The molecule has 5 unspecified atom stereocenters. The highest BCUT2D eigenvalue weighted by molar-refractivity contribution is 5.98. The van der Waals surface area contributed by atoms with E-state index in [4.69, 9.17) is 4.42 Å². The van der Waals surface area contributed by atoms with Crippen molar-refractivity contribution in [3.63, 3.8) is 0 Å². The number of furan rings is 1. The van der Waals surface area contributed by atoms with Gasteiger partial charge >= 0.3 is 0 Å². The first kappa shape index (κ1) is 30.4. The maximum Gasteiger partial charge on any atom is 0.134 e. The Labute approximate surface area is 299 Å². The molecule has 3 nitrogen and oxygen atoms in total. The van der Waals surface area contributed by atoms with E-state index >= 15 is 0 Å². The molecule has 51 heavy (non-hydrogen) atoms. The van der Waals surface area contributed by atoms with Crippen LogP contribution < -0.4 is 0 Å². The number of aromatic nitrogens is 1. The third-order valence-electron chi connectivity index (χ3n) is 12.8. The molecule has 5 aliphatic rings. The van der Waals surface area contributed by atoms with Crippen molar-refractivity contribution in [2.45, 2.75) is 58.3 Å². The van der Waals surface area contributed by atoms with E-state index < -0.39 is 0 Å². The Morgan fingerprint density at radius 1 is 0.922 bits per heavy atom. The number of hydrogen-bond donors (Lipinski definition) is 0. The average Bonchev–Trinajstić information content (AvgIpc) is 3.49. The molecule has 3 heteroatoms. The standard InChI is InChI=1S/C48H40N2O/c1-28-18-44-40(39-19-30(26-49)10-15-43(39)51-44)23-37(28)42-14-13-36(41-9-5-6-16-48(41,42)4)35-21-32-12-11-31-20-34(33-8-7-17-50-27-33)22-38-29(2)24-47(3,25-35)46(32)45(31)38/h5-17,19-23,27-29,41H,18,24-25H2,1-4H3. The van der Waals surface area contributed by atoms with Gasteiger partial charge in [0.1, 0.15) is 11.3 Å². The highest BCUT2D eigenvalue weighted by atomic mass is 16.3. The summed E-state index contributed by atoms with van der Waals surface area (Å²) in [6.45, 7) is 9.71. The predicted molar refractivity (Wildman–Crippen MR) is 208 cm³/mol. The quantitative estimate of drug-likeness (QED) is 0.193. The van der Waals surface area contributed by atoms with Crippen molar-refractivity contribution in [1.29, 1.82) is 5.26 Å². The van der Waals surface area contributed by atoms with E-state index in [-0.39, 0.29) is 16.7 Å². The first-order chi connectivity index (χ1) is 24.7. The third-order valence-corrected chi connectivity index (χ3v) is 12.8. The molecule has 0 saturated carbocycles. The van der Waals surface area contributed by atoms with Crippen molar-refractivity contribution >= 4 is 33.9 Å². The molecule has 2 aromatic heterocycles. The van der Waals surface area contributed by atoms with Crippen LogP contribution in [0, 0.1) is 28.6 Å². The first-order valence-electron chi connectivity index (χ1n) is 18.4. The molecule has 248 valence electrons. The van der Waals surface area contributed by atoms with E-state index in [2.05, 4.69) is 118 Å². The molecule has 0 radical (unpaired) electrons. The Hall–Kier alpha value is -5.46. The SMILES string of the molecule is CC1Cc2oc3ccc(C#N)cc3c2C=C1C1=CC=C(C2=Cc3ccc4cc(-c5cccnc5)cc5c4c3C(C)(C2)CC5C)C2C=CC=CC12C. The summed E-state index contributed by atoms with van der Waals surface area (Å²) in [5.41, 5.74) is 15.0. The Balaban J connectivity index is 1.10. The summed E-state index contributed by atoms with van der Waals surface area (Å²) in [4.78, 5) is 4.41. The topological polar surface area (TPSA) is 49.8 Å². The third kappa shape index (κ3) is 4.39. The van der Waals surface area contributed by atoms with Crippen molar-refractivity contribution in [2.24, 2.45) is 17.3 Å². The summed E-state index contributed by atoms with van der Waals surface area (Å²) in [5.74, 6) is 2.03. The van der Waals surface area contributed by atoms with Crippen molar-refractivity contribution < 1.29 is 4.42 Å². The summed E-state index contributed by atoms with van der Waals surface area (Å²) in [5, 5.41) is 13.5. The number of hydrogen-bond acceptors (Lipinski definition) is 3. The summed E-state index contributed by atoms with van der Waals surface area (Å²) in [6.07, 6.45) is 25.9. The molecule has 0 N–H and O–H groups in total. The van der Waals surface area contributed by atoms with E-state index in [9.17, 15) is 5.26 Å². The van der Waals surface area contributed by atoms with Crippen molar-refractivity contribution in [3.05, 3.63) is 159 Å². The zero-order valence-electron chi connectivity index (χ0n) is 29.6. The highest BCUT2D eigenvalue weighted by Crippen LogP contribution is 2.58. The molecular weight excluding hydrogens is 621 g/mol. The van der Waals surface area contributed by atoms with Crippen LogP contribution in [-0.4, -0.2) is 4.98 Å². The Bertz CT molecular complexity index is 2580. The Kier molecular flexibility index (Phi) is 6.41. The molecule has 0 saturated heterocycles. The lowest BCUT2D eigenvalue weighted by Crippen LogP contribution is -2.36. The largest absolute Gasteiger partial charge is 0.460 e. The molecule has 0 amide bonds. The van der Waals surface area contributed by atoms with Gasteiger partial charge in [-0.25, -0.2) is 0 Å². The van der Waals surface area contributed by atoms with Crippen LogP contribution in [0.2, 0.25) is 0 Å². The molecule has 10 rings (SSSR count). The van der Waals surface area contributed by atoms with Crippen LogP contribution in [0.15, 0.2) is 130 Å². The molecule has 0 aliphatic heterocycles. The van der Waals surface area contributed by atoms with E-state index in [1.165, 1.54) is 60.9 Å². The second-order valence-corrected chi connectivity index (χ2v) is 16.1. The van der Waals surface area contributed by atoms with Gasteiger partial charge in [0.05, 0.1) is 11.6 Å². The fraction of sp³-hybridized carbons (Fsp3) is 0.250. The fourth-order valence-corrected chi connectivity index (χ4v) is 10.4. The van der Waals surface area contributed by atoms with Gasteiger partial charge in [-0.3, -0.25) is 4.98 Å². The summed E-state index contributed by atoms with van der Waals surface area (Å²) >= 11 is 0. The van der Waals surface area contributed by atoms with Crippen molar-refractivity contribution in [2.75, 3.05) is 0 Å².